The van der Waals surface area contributed by atoms with Gasteiger partial charge in [0.05, 0.1) is 18.4 Å². The summed E-state index contributed by atoms with van der Waals surface area (Å²) in [4.78, 5) is 11.1. The van der Waals surface area contributed by atoms with Crippen LogP contribution in [-0.2, 0) is 0 Å². The first-order chi connectivity index (χ1) is 9.19. The third kappa shape index (κ3) is 5.42. The van der Waals surface area contributed by atoms with Crippen LogP contribution in [0, 0.1) is 0 Å². The first-order valence-electron chi connectivity index (χ1n) is 6.33. The summed E-state index contributed by atoms with van der Waals surface area (Å²) in [5, 5.41) is 12.3. The maximum atomic E-state index is 11.1. The number of rotatable bonds is 9. The van der Waals surface area contributed by atoms with E-state index in [0.29, 0.717) is 11.4 Å². The molecule has 0 atom stereocenters. The Balaban J connectivity index is 2.52. The molecule has 0 fully saturated rings. The van der Waals surface area contributed by atoms with Gasteiger partial charge in [-0.05, 0) is 37.0 Å². The first-order valence-corrected chi connectivity index (χ1v) is 7.72. The van der Waals surface area contributed by atoms with Crippen molar-refractivity contribution in [3.63, 3.8) is 0 Å². The molecule has 1 rings (SSSR count). The molecule has 0 spiro atoms. The normalized spacial score (nSPS) is 10.2. The molecule has 0 aliphatic rings. The van der Waals surface area contributed by atoms with Crippen LogP contribution in [-0.4, -0.2) is 36.7 Å². The van der Waals surface area contributed by atoms with E-state index < -0.39 is 5.97 Å². The summed E-state index contributed by atoms with van der Waals surface area (Å²) in [5.74, 6) is 0.918. The molecule has 0 saturated carbocycles. The average Bonchev–Trinajstić information content (AvgIpc) is 2.42. The number of aromatic carboxylic acids is 1. The number of hydrogen-bond acceptors (Lipinski definition) is 4. The number of thioether (sulfide) groups is 1. The van der Waals surface area contributed by atoms with Crippen molar-refractivity contribution in [2.45, 2.75) is 19.3 Å². The molecular weight excluding hydrogens is 262 g/mol. The minimum Gasteiger partial charge on any atom is -0.497 e. The van der Waals surface area contributed by atoms with Crippen LogP contribution in [0.3, 0.4) is 0 Å². The summed E-state index contributed by atoms with van der Waals surface area (Å²) in [7, 11) is 1.57. The zero-order valence-corrected chi connectivity index (χ0v) is 12.3. The van der Waals surface area contributed by atoms with E-state index in [2.05, 4.69) is 11.6 Å². The number of carboxylic acid groups (broad SMARTS) is 1. The van der Waals surface area contributed by atoms with E-state index in [1.54, 1.807) is 25.3 Å². The number of methoxy groups -OCH3 is 1. The van der Waals surface area contributed by atoms with E-state index in [9.17, 15) is 4.79 Å². The van der Waals surface area contributed by atoms with Crippen molar-refractivity contribution < 1.29 is 14.6 Å². The molecule has 0 aliphatic heterocycles. The Morgan fingerprint density at radius 3 is 2.79 bits per heavy atom. The molecule has 0 bridgehead atoms. The SMILES string of the molecule is COc1ccc(C(=O)O)c(NCCCCCSC)c1. The Bertz CT molecular complexity index is 410. The van der Waals surface area contributed by atoms with Crippen molar-refractivity contribution in [1.29, 1.82) is 0 Å². The molecule has 0 radical (unpaired) electrons. The lowest BCUT2D eigenvalue weighted by molar-refractivity contribution is 0.0698. The lowest BCUT2D eigenvalue weighted by Gasteiger charge is -2.11. The smallest absolute Gasteiger partial charge is 0.337 e. The number of hydrogen-bond donors (Lipinski definition) is 2. The van der Waals surface area contributed by atoms with Gasteiger partial charge in [0.25, 0.3) is 0 Å². The van der Waals surface area contributed by atoms with E-state index in [4.69, 9.17) is 9.84 Å². The highest BCUT2D eigenvalue weighted by atomic mass is 32.2. The van der Waals surface area contributed by atoms with Crippen molar-refractivity contribution in [2.75, 3.05) is 31.0 Å². The molecule has 0 heterocycles. The van der Waals surface area contributed by atoms with Crippen molar-refractivity contribution in [2.24, 2.45) is 0 Å². The summed E-state index contributed by atoms with van der Waals surface area (Å²) < 4.78 is 5.11. The molecule has 19 heavy (non-hydrogen) atoms. The molecule has 0 aliphatic carbocycles. The van der Waals surface area contributed by atoms with Gasteiger partial charge in [-0.25, -0.2) is 4.79 Å². The number of ether oxygens (including phenoxy) is 1. The van der Waals surface area contributed by atoms with E-state index in [0.717, 1.165) is 19.4 Å². The second-order valence-electron chi connectivity index (χ2n) is 4.20. The standard InChI is InChI=1S/C14H21NO3S/c1-18-11-6-7-12(14(16)17)13(10-11)15-8-4-3-5-9-19-2/h6-7,10,15H,3-5,8-9H2,1-2H3,(H,16,17). The zero-order valence-electron chi connectivity index (χ0n) is 11.4. The fourth-order valence-electron chi connectivity index (χ4n) is 1.75. The molecule has 2 N–H and O–H groups in total. The van der Waals surface area contributed by atoms with E-state index >= 15 is 0 Å². The molecular formula is C14H21NO3S. The van der Waals surface area contributed by atoms with Crippen molar-refractivity contribution in [3.05, 3.63) is 23.8 Å². The van der Waals surface area contributed by atoms with E-state index in [1.807, 2.05) is 11.8 Å². The Morgan fingerprint density at radius 2 is 2.16 bits per heavy atom. The molecule has 106 valence electrons. The van der Waals surface area contributed by atoms with Crippen LogP contribution in [0.15, 0.2) is 18.2 Å². The van der Waals surface area contributed by atoms with Gasteiger partial charge in [-0.3, -0.25) is 0 Å². The van der Waals surface area contributed by atoms with Gasteiger partial charge in [0.2, 0.25) is 0 Å². The Labute approximate surface area is 118 Å². The predicted molar refractivity (Wildman–Crippen MR) is 80.7 cm³/mol. The van der Waals surface area contributed by atoms with Crippen LogP contribution in [0.5, 0.6) is 5.75 Å². The molecule has 4 nitrogen and oxygen atoms in total. The van der Waals surface area contributed by atoms with Crippen LogP contribution in [0.25, 0.3) is 0 Å². The van der Waals surface area contributed by atoms with Gasteiger partial charge in [-0.15, -0.1) is 0 Å². The Hall–Kier alpha value is -1.36. The third-order valence-electron chi connectivity index (χ3n) is 2.80. The van der Waals surface area contributed by atoms with Crippen LogP contribution in [0.2, 0.25) is 0 Å². The van der Waals surface area contributed by atoms with Gasteiger partial charge in [0, 0.05) is 12.6 Å². The third-order valence-corrected chi connectivity index (χ3v) is 3.49. The number of anilines is 1. The number of benzene rings is 1. The van der Waals surface area contributed by atoms with E-state index in [1.165, 1.54) is 12.2 Å². The molecule has 1 aromatic rings. The van der Waals surface area contributed by atoms with E-state index in [-0.39, 0.29) is 5.56 Å². The van der Waals surface area contributed by atoms with Gasteiger partial charge >= 0.3 is 5.97 Å². The number of carboxylic acids is 1. The molecule has 0 amide bonds. The predicted octanol–water partition coefficient (Wildman–Crippen LogP) is 3.34. The Kier molecular flexibility index (Phi) is 7.18. The number of carbonyl (C=O) groups is 1. The second kappa shape index (κ2) is 8.69. The van der Waals surface area contributed by atoms with Crippen molar-refractivity contribution in [3.8, 4) is 5.75 Å². The molecule has 1 aromatic carbocycles. The summed E-state index contributed by atoms with van der Waals surface area (Å²) in [6, 6.07) is 4.95. The van der Waals surface area contributed by atoms with Crippen molar-refractivity contribution >= 4 is 23.4 Å². The monoisotopic (exact) mass is 283 g/mol. The fourth-order valence-corrected chi connectivity index (χ4v) is 2.25. The van der Waals surface area contributed by atoms with Crippen molar-refractivity contribution in [1.82, 2.24) is 0 Å². The summed E-state index contributed by atoms with van der Waals surface area (Å²) in [6.07, 6.45) is 5.50. The van der Waals surface area contributed by atoms with Crippen LogP contribution < -0.4 is 10.1 Å². The van der Waals surface area contributed by atoms with Gasteiger partial charge in [0.1, 0.15) is 5.75 Å². The fraction of sp³-hybridized carbons (Fsp3) is 0.500. The molecule has 0 saturated heterocycles. The number of unbranched alkanes of at least 4 members (excludes halogenated alkanes) is 2. The summed E-state index contributed by atoms with van der Waals surface area (Å²) >= 11 is 1.85. The summed E-state index contributed by atoms with van der Waals surface area (Å²) in [5.41, 5.74) is 0.904. The van der Waals surface area contributed by atoms with Gasteiger partial charge < -0.3 is 15.2 Å². The first kappa shape index (κ1) is 15.7. The highest BCUT2D eigenvalue weighted by molar-refractivity contribution is 7.98. The largest absolute Gasteiger partial charge is 0.497 e. The minimum absolute atomic E-state index is 0.282. The van der Waals surface area contributed by atoms with Gasteiger partial charge in [0.15, 0.2) is 0 Å². The molecule has 0 aromatic heterocycles. The highest BCUT2D eigenvalue weighted by Gasteiger charge is 2.10. The maximum absolute atomic E-state index is 11.1. The maximum Gasteiger partial charge on any atom is 0.337 e. The second-order valence-corrected chi connectivity index (χ2v) is 5.18. The van der Waals surface area contributed by atoms with Crippen LogP contribution in [0.4, 0.5) is 5.69 Å². The molecule has 0 unspecified atom stereocenters. The lowest BCUT2D eigenvalue weighted by Crippen LogP contribution is -2.08. The number of nitrogens with one attached hydrogen (secondary N) is 1. The van der Waals surface area contributed by atoms with Gasteiger partial charge in [-0.2, -0.15) is 11.8 Å². The van der Waals surface area contributed by atoms with Crippen LogP contribution in [0.1, 0.15) is 29.6 Å². The van der Waals surface area contributed by atoms with Crippen LogP contribution >= 0.6 is 11.8 Å². The quantitative estimate of drug-likeness (QED) is 0.681. The zero-order chi connectivity index (χ0) is 14.1. The minimum atomic E-state index is -0.924. The van der Waals surface area contributed by atoms with Gasteiger partial charge in [-0.1, -0.05) is 6.42 Å². The summed E-state index contributed by atoms with van der Waals surface area (Å²) in [6.45, 7) is 0.780. The highest BCUT2D eigenvalue weighted by Crippen LogP contribution is 2.22. The average molecular weight is 283 g/mol. The topological polar surface area (TPSA) is 58.6 Å². The Morgan fingerprint density at radius 1 is 1.37 bits per heavy atom. The lowest BCUT2D eigenvalue weighted by atomic mass is 10.1. The molecule has 5 heteroatoms.